The molecule has 0 aromatic heterocycles. The van der Waals surface area contributed by atoms with Gasteiger partial charge in [-0.05, 0) is 32.1 Å². The predicted octanol–water partition coefficient (Wildman–Crippen LogP) is 0.251. The van der Waals surface area contributed by atoms with Crippen LogP contribution in [0.15, 0.2) is 0 Å². The lowest BCUT2D eigenvalue weighted by atomic mass is 9.91. The van der Waals surface area contributed by atoms with Gasteiger partial charge in [0.2, 0.25) is 0 Å². The smallest absolute Gasteiger partial charge is 0.326 e. The number of nitrogens with zero attached hydrogens (tertiary/aromatic N) is 1. The Kier molecular flexibility index (Phi) is 6.93. The van der Waals surface area contributed by atoms with Gasteiger partial charge in [-0.1, -0.05) is 0 Å². The normalized spacial score (nSPS) is 15.9. The van der Waals surface area contributed by atoms with Crippen LogP contribution in [0.4, 0.5) is 4.79 Å². The van der Waals surface area contributed by atoms with Crippen LogP contribution < -0.4 is 5.32 Å². The van der Waals surface area contributed by atoms with Gasteiger partial charge in [0.1, 0.15) is 6.04 Å². The van der Waals surface area contributed by atoms with E-state index in [0.717, 1.165) is 19.3 Å². The summed E-state index contributed by atoms with van der Waals surface area (Å²) in [4.78, 5) is 35.1. The third-order valence-electron chi connectivity index (χ3n) is 3.60. The Labute approximate surface area is 122 Å². The Morgan fingerprint density at radius 2 is 1.90 bits per heavy atom. The summed E-state index contributed by atoms with van der Waals surface area (Å²) in [5, 5.41) is 29.0. The highest BCUT2D eigenvalue weighted by molar-refractivity contribution is 5.82. The number of aliphatic hydroxyl groups is 1. The maximum atomic E-state index is 12.1. The molecule has 8 heteroatoms. The van der Waals surface area contributed by atoms with Crippen molar-refractivity contribution in [3.05, 3.63) is 0 Å². The van der Waals surface area contributed by atoms with Crippen LogP contribution in [-0.4, -0.2) is 63.4 Å². The van der Waals surface area contributed by atoms with Crippen molar-refractivity contribution in [2.45, 2.75) is 50.6 Å². The number of carboxylic acids is 2. The Morgan fingerprint density at radius 3 is 2.33 bits per heavy atom. The third-order valence-corrected chi connectivity index (χ3v) is 3.60. The first-order valence-corrected chi connectivity index (χ1v) is 7.08. The second kappa shape index (κ2) is 8.46. The lowest BCUT2D eigenvalue weighted by Gasteiger charge is -2.37. The number of rotatable bonds is 9. The summed E-state index contributed by atoms with van der Waals surface area (Å²) in [5.41, 5.74) is 0. The molecule has 1 rings (SSSR count). The summed E-state index contributed by atoms with van der Waals surface area (Å²) in [5.74, 6) is -2.19. The summed E-state index contributed by atoms with van der Waals surface area (Å²) in [6.07, 6.45) is 2.82. The molecule has 1 fully saturated rings. The minimum Gasteiger partial charge on any atom is -0.481 e. The standard InChI is InChI=1S/C13H22N2O6/c16-8-7-15(9-3-1-4-9)13(21)14-10(12(19)20)5-2-6-11(17)18/h9-10,16H,1-8H2,(H,14,21)(H,17,18)(H,19,20)/t10-/m1/s1. The van der Waals surface area contributed by atoms with E-state index < -0.39 is 24.0 Å². The van der Waals surface area contributed by atoms with E-state index in [-0.39, 0.29) is 38.5 Å². The van der Waals surface area contributed by atoms with E-state index in [4.69, 9.17) is 15.3 Å². The summed E-state index contributed by atoms with van der Waals surface area (Å²) in [7, 11) is 0. The van der Waals surface area contributed by atoms with Crippen LogP contribution >= 0.6 is 0 Å². The van der Waals surface area contributed by atoms with Gasteiger partial charge in [-0.3, -0.25) is 4.79 Å². The number of aliphatic hydroxyl groups excluding tert-OH is 1. The van der Waals surface area contributed by atoms with Crippen LogP contribution in [0.25, 0.3) is 0 Å². The number of carbonyl (C=O) groups is 3. The van der Waals surface area contributed by atoms with Crippen LogP contribution in [-0.2, 0) is 9.59 Å². The first kappa shape index (κ1) is 17.2. The molecule has 2 amide bonds. The highest BCUT2D eigenvalue weighted by Gasteiger charge is 2.30. The molecule has 0 aromatic rings. The molecule has 1 atom stereocenters. The molecule has 8 nitrogen and oxygen atoms in total. The molecule has 0 unspecified atom stereocenters. The number of carboxylic acid groups (broad SMARTS) is 2. The van der Waals surface area contributed by atoms with Gasteiger partial charge in [0.25, 0.3) is 0 Å². The van der Waals surface area contributed by atoms with Crippen molar-refractivity contribution in [3.8, 4) is 0 Å². The molecule has 0 aromatic carbocycles. The molecule has 1 aliphatic carbocycles. The maximum Gasteiger partial charge on any atom is 0.326 e. The highest BCUT2D eigenvalue weighted by Crippen LogP contribution is 2.24. The molecule has 0 saturated heterocycles. The molecule has 0 radical (unpaired) electrons. The third kappa shape index (κ3) is 5.58. The molecular formula is C13H22N2O6. The SMILES string of the molecule is O=C(O)CCC[C@@H](NC(=O)N(CCO)C1CCC1)C(=O)O. The minimum atomic E-state index is -1.19. The van der Waals surface area contributed by atoms with Gasteiger partial charge in [-0.25, -0.2) is 9.59 Å². The predicted molar refractivity (Wildman–Crippen MR) is 72.9 cm³/mol. The molecule has 21 heavy (non-hydrogen) atoms. The maximum absolute atomic E-state index is 12.1. The zero-order valence-electron chi connectivity index (χ0n) is 11.8. The topological polar surface area (TPSA) is 127 Å². The average molecular weight is 302 g/mol. The van der Waals surface area contributed by atoms with Gasteiger partial charge in [-0.2, -0.15) is 0 Å². The quantitative estimate of drug-likeness (QED) is 0.483. The van der Waals surface area contributed by atoms with Gasteiger partial charge in [0, 0.05) is 19.0 Å². The molecule has 0 spiro atoms. The van der Waals surface area contributed by atoms with Gasteiger partial charge in [0.15, 0.2) is 0 Å². The van der Waals surface area contributed by atoms with E-state index in [1.165, 1.54) is 4.90 Å². The number of nitrogens with one attached hydrogen (secondary N) is 1. The summed E-state index contributed by atoms with van der Waals surface area (Å²) in [6, 6.07) is -1.58. The zero-order valence-corrected chi connectivity index (χ0v) is 11.8. The van der Waals surface area contributed by atoms with Crippen LogP contribution in [0.2, 0.25) is 0 Å². The Balaban J connectivity index is 2.52. The Hall–Kier alpha value is -1.83. The van der Waals surface area contributed by atoms with Gasteiger partial charge in [-0.15, -0.1) is 0 Å². The lowest BCUT2D eigenvalue weighted by molar-refractivity contribution is -0.140. The van der Waals surface area contributed by atoms with Crippen LogP contribution in [0, 0.1) is 0 Å². The number of aliphatic carboxylic acids is 2. The lowest BCUT2D eigenvalue weighted by Crippen LogP contribution is -2.53. The van der Waals surface area contributed by atoms with E-state index >= 15 is 0 Å². The average Bonchev–Trinajstić information content (AvgIpc) is 2.34. The number of hydrogen-bond donors (Lipinski definition) is 4. The van der Waals surface area contributed by atoms with Gasteiger partial charge >= 0.3 is 18.0 Å². The first-order chi connectivity index (χ1) is 9.95. The molecule has 0 aliphatic heterocycles. The second-order valence-electron chi connectivity index (χ2n) is 5.13. The van der Waals surface area contributed by atoms with Crippen molar-refractivity contribution in [1.82, 2.24) is 10.2 Å². The molecular weight excluding hydrogens is 280 g/mol. The summed E-state index contributed by atoms with van der Waals surface area (Å²) < 4.78 is 0. The fraction of sp³-hybridized carbons (Fsp3) is 0.769. The number of carbonyl (C=O) groups excluding carboxylic acids is 1. The second-order valence-corrected chi connectivity index (χ2v) is 5.13. The Bertz CT molecular complexity index is 383. The minimum absolute atomic E-state index is 0.0469. The van der Waals surface area contributed by atoms with Crippen molar-refractivity contribution in [3.63, 3.8) is 0 Å². The number of hydrogen-bond acceptors (Lipinski definition) is 4. The largest absolute Gasteiger partial charge is 0.481 e. The van der Waals surface area contributed by atoms with Gasteiger partial charge in [0.05, 0.1) is 6.61 Å². The van der Waals surface area contributed by atoms with Crippen molar-refractivity contribution in [1.29, 1.82) is 0 Å². The zero-order chi connectivity index (χ0) is 15.8. The van der Waals surface area contributed by atoms with Crippen molar-refractivity contribution >= 4 is 18.0 Å². The monoisotopic (exact) mass is 302 g/mol. The molecule has 4 N–H and O–H groups in total. The van der Waals surface area contributed by atoms with E-state index in [1.54, 1.807) is 0 Å². The number of urea groups is 1. The number of amides is 2. The molecule has 0 heterocycles. The van der Waals surface area contributed by atoms with E-state index in [1.807, 2.05) is 0 Å². The van der Waals surface area contributed by atoms with E-state index in [0.29, 0.717) is 0 Å². The Morgan fingerprint density at radius 1 is 1.24 bits per heavy atom. The first-order valence-electron chi connectivity index (χ1n) is 7.08. The fourth-order valence-electron chi connectivity index (χ4n) is 2.20. The van der Waals surface area contributed by atoms with Gasteiger partial charge < -0.3 is 25.5 Å². The van der Waals surface area contributed by atoms with E-state index in [9.17, 15) is 14.4 Å². The molecule has 0 bridgehead atoms. The molecule has 1 aliphatic rings. The van der Waals surface area contributed by atoms with Crippen LogP contribution in [0.3, 0.4) is 0 Å². The molecule has 120 valence electrons. The summed E-state index contributed by atoms with van der Waals surface area (Å²) >= 11 is 0. The molecule has 1 saturated carbocycles. The highest BCUT2D eigenvalue weighted by atomic mass is 16.4. The van der Waals surface area contributed by atoms with Crippen LogP contribution in [0.1, 0.15) is 38.5 Å². The van der Waals surface area contributed by atoms with E-state index in [2.05, 4.69) is 5.32 Å². The fourth-order valence-corrected chi connectivity index (χ4v) is 2.20. The van der Waals surface area contributed by atoms with Crippen molar-refractivity contribution in [2.24, 2.45) is 0 Å². The summed E-state index contributed by atoms with van der Waals surface area (Å²) in [6.45, 7) is -0.0152. The van der Waals surface area contributed by atoms with Crippen molar-refractivity contribution < 1.29 is 29.7 Å². The van der Waals surface area contributed by atoms with Crippen LogP contribution in [0.5, 0.6) is 0 Å². The van der Waals surface area contributed by atoms with Crippen molar-refractivity contribution in [2.75, 3.05) is 13.2 Å².